The Hall–Kier alpha value is -2.38. The van der Waals surface area contributed by atoms with Gasteiger partial charge in [0.15, 0.2) is 11.6 Å². The highest BCUT2D eigenvalue weighted by molar-refractivity contribution is 7.18. The van der Waals surface area contributed by atoms with Gasteiger partial charge in [-0.2, -0.15) is 0 Å². The number of likely N-dealkylation sites (tertiary alicyclic amines) is 1. The van der Waals surface area contributed by atoms with Gasteiger partial charge in [-0.05, 0) is 24.3 Å². The largest absolute Gasteiger partial charge is 0.319 e. The Kier molecular flexibility index (Phi) is 4.65. The van der Waals surface area contributed by atoms with Crippen LogP contribution in [0.3, 0.4) is 0 Å². The fraction of sp³-hybridized carbons (Fsp3) is 0.263. The van der Waals surface area contributed by atoms with Crippen molar-refractivity contribution in [1.82, 2.24) is 4.98 Å². The standard InChI is InChI=1S/C19H17F2N3OS/c20-12-7-8-13(21)15(10-12)22-18(25)11-24-9-3-5-16(24)19-23-14-4-1-2-6-17(14)26-19/h1-2,4,6-8,10,16H,3,5,9,11H2,(H,22,25)/p+1/t16-/m0/s1. The summed E-state index contributed by atoms with van der Waals surface area (Å²) < 4.78 is 28.1. The molecule has 2 N–H and O–H groups in total. The van der Waals surface area contributed by atoms with Gasteiger partial charge >= 0.3 is 0 Å². The van der Waals surface area contributed by atoms with Crippen LogP contribution in [0.2, 0.25) is 0 Å². The number of amides is 1. The molecule has 4 nitrogen and oxygen atoms in total. The van der Waals surface area contributed by atoms with E-state index in [0.717, 1.165) is 57.7 Å². The van der Waals surface area contributed by atoms with Crippen molar-refractivity contribution in [3.8, 4) is 0 Å². The first-order valence-corrected chi connectivity index (χ1v) is 9.37. The molecule has 26 heavy (non-hydrogen) atoms. The Labute approximate surface area is 153 Å². The summed E-state index contributed by atoms with van der Waals surface area (Å²) in [5.41, 5.74) is 0.857. The maximum atomic E-state index is 13.7. The van der Waals surface area contributed by atoms with E-state index in [1.54, 1.807) is 11.3 Å². The van der Waals surface area contributed by atoms with Crippen LogP contribution in [0.15, 0.2) is 42.5 Å². The number of thiazole rings is 1. The van der Waals surface area contributed by atoms with E-state index in [2.05, 4.69) is 5.32 Å². The first kappa shape index (κ1) is 17.1. The van der Waals surface area contributed by atoms with Gasteiger partial charge in [0.1, 0.15) is 17.7 Å². The number of benzene rings is 2. The number of fused-ring (bicyclic) bond motifs is 1. The molecule has 0 spiro atoms. The SMILES string of the molecule is O=C(C[NH+]1CCC[C@H]1c1nc2ccccc2s1)Nc1cc(F)ccc1F. The van der Waals surface area contributed by atoms with Gasteiger partial charge in [0.05, 0.1) is 22.4 Å². The van der Waals surface area contributed by atoms with Gasteiger partial charge < -0.3 is 10.2 Å². The maximum absolute atomic E-state index is 13.7. The number of aromatic nitrogens is 1. The Bertz CT molecular complexity index is 926. The Balaban J connectivity index is 1.48. The van der Waals surface area contributed by atoms with Crippen molar-refractivity contribution in [3.63, 3.8) is 0 Å². The van der Waals surface area contributed by atoms with Crippen molar-refractivity contribution in [2.75, 3.05) is 18.4 Å². The number of hydrogen-bond donors (Lipinski definition) is 2. The number of nitrogens with zero attached hydrogens (tertiary/aromatic N) is 1. The van der Waals surface area contributed by atoms with Crippen LogP contribution in [0.4, 0.5) is 14.5 Å². The highest BCUT2D eigenvalue weighted by Crippen LogP contribution is 2.28. The van der Waals surface area contributed by atoms with Crippen molar-refractivity contribution >= 4 is 33.1 Å². The fourth-order valence-corrected chi connectivity index (χ4v) is 4.62. The summed E-state index contributed by atoms with van der Waals surface area (Å²) in [5.74, 6) is -1.54. The van der Waals surface area contributed by atoms with Crippen LogP contribution < -0.4 is 10.2 Å². The van der Waals surface area contributed by atoms with Gasteiger partial charge in [0.25, 0.3) is 5.91 Å². The lowest BCUT2D eigenvalue weighted by Crippen LogP contribution is -3.11. The monoisotopic (exact) mass is 374 g/mol. The third-order valence-electron chi connectivity index (χ3n) is 4.68. The van der Waals surface area contributed by atoms with Crippen LogP contribution in [0.5, 0.6) is 0 Å². The molecule has 2 heterocycles. The molecule has 1 fully saturated rings. The van der Waals surface area contributed by atoms with Gasteiger partial charge in [-0.1, -0.05) is 12.1 Å². The summed E-state index contributed by atoms with van der Waals surface area (Å²) in [6, 6.07) is 11.2. The average Bonchev–Trinajstić information content (AvgIpc) is 3.24. The molecule has 0 bridgehead atoms. The first-order chi connectivity index (χ1) is 12.6. The highest BCUT2D eigenvalue weighted by Gasteiger charge is 2.34. The number of carbonyl (C=O) groups excluding carboxylic acids is 1. The van der Waals surface area contributed by atoms with Gasteiger partial charge in [-0.25, -0.2) is 13.8 Å². The Morgan fingerprint density at radius 2 is 2.12 bits per heavy atom. The van der Waals surface area contributed by atoms with E-state index in [9.17, 15) is 13.6 Å². The molecule has 1 amide bonds. The van der Waals surface area contributed by atoms with Crippen LogP contribution in [0.1, 0.15) is 23.9 Å². The molecule has 1 aliphatic heterocycles. The number of nitrogens with one attached hydrogen (secondary N) is 2. The van der Waals surface area contributed by atoms with Crippen LogP contribution in [0, 0.1) is 11.6 Å². The molecule has 7 heteroatoms. The second-order valence-corrected chi connectivity index (χ2v) is 7.53. The summed E-state index contributed by atoms with van der Waals surface area (Å²) in [5, 5.41) is 3.52. The number of rotatable bonds is 4. The number of halogens is 2. The number of hydrogen-bond acceptors (Lipinski definition) is 3. The van der Waals surface area contributed by atoms with Gasteiger partial charge in [0, 0.05) is 18.9 Å². The normalized spacial score (nSPS) is 19.8. The third kappa shape index (κ3) is 3.45. The molecule has 4 rings (SSSR count). The van der Waals surface area contributed by atoms with Crippen LogP contribution >= 0.6 is 11.3 Å². The van der Waals surface area contributed by atoms with Crippen molar-refractivity contribution < 1.29 is 18.5 Å². The van der Waals surface area contributed by atoms with E-state index < -0.39 is 11.6 Å². The minimum atomic E-state index is -0.640. The van der Waals surface area contributed by atoms with E-state index in [1.165, 1.54) is 0 Å². The molecule has 2 atom stereocenters. The third-order valence-corrected chi connectivity index (χ3v) is 5.83. The molecule has 2 aromatic carbocycles. The summed E-state index contributed by atoms with van der Waals surface area (Å²) in [7, 11) is 0. The zero-order valence-corrected chi connectivity index (χ0v) is 14.8. The van der Waals surface area contributed by atoms with E-state index in [1.807, 2.05) is 24.3 Å². The Morgan fingerprint density at radius 3 is 2.96 bits per heavy atom. The van der Waals surface area contributed by atoms with Crippen LogP contribution in [0.25, 0.3) is 10.2 Å². The lowest BCUT2D eigenvalue weighted by Gasteiger charge is -2.19. The minimum absolute atomic E-state index is 0.120. The number of para-hydroxylation sites is 1. The van der Waals surface area contributed by atoms with Crippen LogP contribution in [-0.2, 0) is 4.79 Å². The van der Waals surface area contributed by atoms with Crippen molar-refractivity contribution in [2.45, 2.75) is 18.9 Å². The fourth-order valence-electron chi connectivity index (χ4n) is 3.45. The smallest absolute Gasteiger partial charge is 0.279 e. The van der Waals surface area contributed by atoms with Gasteiger partial charge in [-0.15, -0.1) is 11.3 Å². The van der Waals surface area contributed by atoms with Gasteiger partial charge in [-0.3, -0.25) is 4.79 Å². The Morgan fingerprint density at radius 1 is 1.27 bits per heavy atom. The molecular formula is C19H18F2N3OS+. The molecule has 0 saturated carbocycles. The van der Waals surface area contributed by atoms with Crippen molar-refractivity contribution in [3.05, 3.63) is 59.1 Å². The van der Waals surface area contributed by atoms with Gasteiger partial charge in [0.2, 0.25) is 0 Å². The summed E-state index contributed by atoms with van der Waals surface area (Å²) in [6.07, 6.45) is 1.98. The molecule has 0 radical (unpaired) electrons. The quantitative estimate of drug-likeness (QED) is 0.738. The molecular weight excluding hydrogens is 356 g/mol. The highest BCUT2D eigenvalue weighted by atomic mass is 32.1. The van der Waals surface area contributed by atoms with Crippen molar-refractivity contribution in [2.24, 2.45) is 0 Å². The molecule has 0 aliphatic carbocycles. The topological polar surface area (TPSA) is 46.4 Å². The first-order valence-electron chi connectivity index (χ1n) is 8.55. The van der Waals surface area contributed by atoms with E-state index in [0.29, 0.717) is 0 Å². The lowest BCUT2D eigenvalue weighted by molar-refractivity contribution is -0.910. The predicted molar refractivity (Wildman–Crippen MR) is 97.3 cm³/mol. The summed E-state index contributed by atoms with van der Waals surface area (Å²) >= 11 is 1.66. The molecule has 1 saturated heterocycles. The lowest BCUT2D eigenvalue weighted by atomic mass is 10.2. The van der Waals surface area contributed by atoms with E-state index in [-0.39, 0.29) is 24.2 Å². The zero-order chi connectivity index (χ0) is 18.1. The second kappa shape index (κ2) is 7.09. The number of carbonyl (C=O) groups is 1. The van der Waals surface area contributed by atoms with E-state index >= 15 is 0 Å². The number of anilines is 1. The summed E-state index contributed by atoms with van der Waals surface area (Å²) in [6.45, 7) is 1.07. The minimum Gasteiger partial charge on any atom is -0.319 e. The second-order valence-electron chi connectivity index (χ2n) is 6.47. The molecule has 1 aromatic heterocycles. The summed E-state index contributed by atoms with van der Waals surface area (Å²) in [4.78, 5) is 18.2. The zero-order valence-electron chi connectivity index (χ0n) is 14.0. The molecule has 3 aromatic rings. The van der Waals surface area contributed by atoms with E-state index in [4.69, 9.17) is 4.98 Å². The maximum Gasteiger partial charge on any atom is 0.279 e. The average molecular weight is 374 g/mol. The number of quaternary nitrogens is 1. The van der Waals surface area contributed by atoms with Crippen LogP contribution in [-0.4, -0.2) is 24.0 Å². The van der Waals surface area contributed by atoms with Crippen molar-refractivity contribution in [1.29, 1.82) is 0 Å². The predicted octanol–water partition coefficient (Wildman–Crippen LogP) is 2.93. The molecule has 1 unspecified atom stereocenters. The molecule has 1 aliphatic rings. The molecule has 134 valence electrons.